The van der Waals surface area contributed by atoms with Crippen LogP contribution in [0.15, 0.2) is 48.5 Å². The van der Waals surface area contributed by atoms with Crippen molar-refractivity contribution in [3.8, 4) is 11.1 Å². The molecule has 1 unspecified atom stereocenters. The van der Waals surface area contributed by atoms with Gasteiger partial charge in [0.15, 0.2) is 0 Å². The number of hydrogen-bond acceptors (Lipinski definition) is 4. The average molecular weight is 463 g/mol. The molecule has 1 saturated carbocycles. The summed E-state index contributed by atoms with van der Waals surface area (Å²) in [4.78, 5) is 38.1. The second-order valence-corrected chi connectivity index (χ2v) is 9.83. The predicted molar refractivity (Wildman–Crippen MR) is 126 cm³/mol. The van der Waals surface area contributed by atoms with E-state index in [0.717, 1.165) is 19.3 Å². The molecule has 3 aliphatic rings. The summed E-state index contributed by atoms with van der Waals surface area (Å²) in [6, 6.07) is 16.4. The van der Waals surface area contributed by atoms with Crippen LogP contribution < -0.4 is 5.32 Å². The molecule has 2 N–H and O–H groups in total. The van der Waals surface area contributed by atoms with E-state index in [-0.39, 0.29) is 37.2 Å². The van der Waals surface area contributed by atoms with Crippen LogP contribution in [0.1, 0.15) is 55.6 Å². The van der Waals surface area contributed by atoms with Crippen LogP contribution in [0.5, 0.6) is 0 Å². The Morgan fingerprint density at radius 2 is 1.68 bits per heavy atom. The lowest BCUT2D eigenvalue weighted by Gasteiger charge is -2.22. The van der Waals surface area contributed by atoms with Crippen molar-refractivity contribution >= 4 is 18.0 Å². The molecule has 2 aliphatic carbocycles. The van der Waals surface area contributed by atoms with E-state index in [1.165, 1.54) is 22.3 Å². The van der Waals surface area contributed by atoms with Crippen LogP contribution >= 0.6 is 0 Å². The number of nitrogens with one attached hydrogen (secondary N) is 1. The third kappa shape index (κ3) is 4.65. The molecule has 1 heterocycles. The van der Waals surface area contributed by atoms with E-state index in [9.17, 15) is 14.4 Å². The van der Waals surface area contributed by atoms with E-state index in [1.54, 1.807) is 0 Å². The Bertz CT molecular complexity index is 1060. The van der Waals surface area contributed by atoms with Gasteiger partial charge in [-0.15, -0.1) is 0 Å². The van der Waals surface area contributed by atoms with Crippen molar-refractivity contribution in [2.75, 3.05) is 19.7 Å². The van der Waals surface area contributed by atoms with Gasteiger partial charge in [-0.2, -0.15) is 0 Å². The van der Waals surface area contributed by atoms with Gasteiger partial charge in [-0.25, -0.2) is 4.79 Å². The number of fused-ring (bicyclic) bond motifs is 3. The van der Waals surface area contributed by atoms with Gasteiger partial charge < -0.3 is 20.1 Å². The number of alkyl carbamates (subject to hydrolysis) is 1. The van der Waals surface area contributed by atoms with Gasteiger partial charge in [-0.1, -0.05) is 48.5 Å². The lowest BCUT2D eigenvalue weighted by Crippen LogP contribution is -2.42. The van der Waals surface area contributed by atoms with Gasteiger partial charge in [-0.3, -0.25) is 9.59 Å². The number of benzene rings is 2. The molecule has 5 rings (SSSR count). The lowest BCUT2D eigenvalue weighted by molar-refractivity contribution is -0.137. The zero-order valence-electron chi connectivity index (χ0n) is 19.2. The Balaban J connectivity index is 1.14. The topological polar surface area (TPSA) is 95.9 Å². The summed E-state index contributed by atoms with van der Waals surface area (Å²) in [5.41, 5.74) is 4.18. The summed E-state index contributed by atoms with van der Waals surface area (Å²) < 4.78 is 5.66. The maximum absolute atomic E-state index is 12.8. The minimum absolute atomic E-state index is 0.00210. The van der Waals surface area contributed by atoms with Crippen LogP contribution in [-0.2, 0) is 14.3 Å². The molecule has 2 aromatic carbocycles. The van der Waals surface area contributed by atoms with Crippen molar-refractivity contribution in [3.63, 3.8) is 0 Å². The number of likely N-dealkylation sites (tertiary alicyclic amines) is 1. The van der Waals surface area contributed by atoms with E-state index in [1.807, 2.05) is 29.2 Å². The molecule has 1 saturated heterocycles. The Morgan fingerprint density at radius 1 is 1.03 bits per heavy atom. The Kier molecular flexibility index (Phi) is 6.02. The first-order valence-electron chi connectivity index (χ1n) is 12.1. The number of amides is 2. The Morgan fingerprint density at radius 3 is 2.29 bits per heavy atom. The fourth-order valence-electron chi connectivity index (χ4n) is 5.37. The average Bonchev–Trinajstić information content (AvgIpc) is 3.28. The molecule has 0 bridgehead atoms. The Hall–Kier alpha value is -3.35. The van der Waals surface area contributed by atoms with Crippen LogP contribution in [0.25, 0.3) is 11.1 Å². The van der Waals surface area contributed by atoms with Crippen LogP contribution in [0.4, 0.5) is 4.79 Å². The number of nitrogens with zero attached hydrogens (tertiary/aromatic N) is 1. The summed E-state index contributed by atoms with van der Waals surface area (Å²) >= 11 is 0. The minimum atomic E-state index is -0.797. The number of ether oxygens (including phenoxy) is 1. The van der Waals surface area contributed by atoms with Gasteiger partial charge in [0.2, 0.25) is 5.91 Å². The molecule has 7 heteroatoms. The van der Waals surface area contributed by atoms with E-state index in [2.05, 4.69) is 29.6 Å². The summed E-state index contributed by atoms with van der Waals surface area (Å²) in [5, 5.41) is 11.8. The molecule has 0 radical (unpaired) electrons. The SMILES string of the molecule is O=C(O)CCC1CCN(C(=O)CC2(NC(=O)OCC3c4ccccc4-c4ccccc43)CC2)C1. The first-order valence-corrected chi connectivity index (χ1v) is 12.1. The van der Waals surface area contributed by atoms with Crippen molar-refractivity contribution in [1.29, 1.82) is 0 Å². The van der Waals surface area contributed by atoms with Crippen molar-refractivity contribution in [2.24, 2.45) is 5.92 Å². The molecular weight excluding hydrogens is 432 g/mol. The van der Waals surface area contributed by atoms with Crippen molar-refractivity contribution in [2.45, 2.75) is 50.0 Å². The van der Waals surface area contributed by atoms with Crippen molar-refractivity contribution < 1.29 is 24.2 Å². The standard InChI is InChI=1S/C27H30N2O5/c30-24(29-14-11-18(16-29)9-10-25(31)32)15-27(12-13-27)28-26(33)34-17-23-21-7-3-1-5-19(21)20-6-2-4-8-22(20)23/h1-8,18,23H,9-17H2,(H,28,33)(H,31,32). The highest BCUT2D eigenvalue weighted by Gasteiger charge is 2.47. The van der Waals surface area contributed by atoms with Crippen LogP contribution in [-0.4, -0.2) is 53.2 Å². The zero-order chi connectivity index (χ0) is 23.7. The molecule has 0 aromatic heterocycles. The molecule has 2 amide bonds. The molecule has 178 valence electrons. The smallest absolute Gasteiger partial charge is 0.407 e. The molecule has 1 atom stereocenters. The molecule has 2 fully saturated rings. The summed E-state index contributed by atoms with van der Waals surface area (Å²) in [6.07, 6.45) is 2.89. The summed E-state index contributed by atoms with van der Waals surface area (Å²) in [6.45, 7) is 1.51. The third-order valence-electron chi connectivity index (χ3n) is 7.46. The lowest BCUT2D eigenvalue weighted by atomic mass is 9.98. The number of aliphatic carboxylic acids is 1. The number of carboxylic acids is 1. The maximum Gasteiger partial charge on any atom is 0.407 e. The van der Waals surface area contributed by atoms with Crippen LogP contribution in [0, 0.1) is 5.92 Å². The molecule has 0 spiro atoms. The molecule has 7 nitrogen and oxygen atoms in total. The third-order valence-corrected chi connectivity index (χ3v) is 7.46. The number of carboxylic acid groups (broad SMARTS) is 1. The number of carbonyl (C=O) groups excluding carboxylic acids is 2. The highest BCUT2D eigenvalue weighted by atomic mass is 16.5. The molecule has 34 heavy (non-hydrogen) atoms. The van der Waals surface area contributed by atoms with E-state index in [4.69, 9.17) is 9.84 Å². The second-order valence-electron chi connectivity index (χ2n) is 9.83. The summed E-state index contributed by atoms with van der Waals surface area (Å²) in [7, 11) is 0. The number of hydrogen-bond donors (Lipinski definition) is 2. The van der Waals surface area contributed by atoms with Gasteiger partial charge in [0.05, 0.1) is 12.0 Å². The van der Waals surface area contributed by atoms with Crippen molar-refractivity contribution in [1.82, 2.24) is 10.2 Å². The summed E-state index contributed by atoms with van der Waals surface area (Å²) in [5.74, 6) is -0.532. The van der Waals surface area contributed by atoms with Gasteiger partial charge >= 0.3 is 12.1 Å². The van der Waals surface area contributed by atoms with Gasteiger partial charge in [-0.05, 0) is 53.9 Å². The van der Waals surface area contributed by atoms with Crippen LogP contribution in [0.2, 0.25) is 0 Å². The molecular formula is C27H30N2O5. The molecule has 1 aliphatic heterocycles. The largest absolute Gasteiger partial charge is 0.481 e. The monoisotopic (exact) mass is 462 g/mol. The predicted octanol–water partition coefficient (Wildman–Crippen LogP) is 4.16. The fraction of sp³-hybridized carbons (Fsp3) is 0.444. The number of carbonyl (C=O) groups is 3. The fourth-order valence-corrected chi connectivity index (χ4v) is 5.37. The van der Waals surface area contributed by atoms with Gasteiger partial charge in [0, 0.05) is 25.4 Å². The molecule has 2 aromatic rings. The quantitative estimate of drug-likeness (QED) is 0.614. The van der Waals surface area contributed by atoms with Gasteiger partial charge in [0.1, 0.15) is 6.61 Å². The second kappa shape index (κ2) is 9.12. The van der Waals surface area contributed by atoms with E-state index < -0.39 is 17.6 Å². The van der Waals surface area contributed by atoms with Crippen LogP contribution in [0.3, 0.4) is 0 Å². The van der Waals surface area contributed by atoms with E-state index in [0.29, 0.717) is 19.5 Å². The highest BCUT2D eigenvalue weighted by molar-refractivity contribution is 5.81. The van der Waals surface area contributed by atoms with E-state index >= 15 is 0 Å². The first kappa shape index (κ1) is 22.4. The highest BCUT2D eigenvalue weighted by Crippen LogP contribution is 2.45. The normalized spacial score (nSPS) is 19.9. The van der Waals surface area contributed by atoms with Gasteiger partial charge in [0.25, 0.3) is 0 Å². The number of rotatable bonds is 8. The first-order chi connectivity index (χ1) is 16.4. The maximum atomic E-state index is 12.8. The zero-order valence-corrected chi connectivity index (χ0v) is 19.2. The van der Waals surface area contributed by atoms with Crippen molar-refractivity contribution in [3.05, 3.63) is 59.7 Å². The Labute approximate surface area is 199 Å². The minimum Gasteiger partial charge on any atom is -0.481 e.